The molecule has 0 amide bonds. The van der Waals surface area contributed by atoms with Gasteiger partial charge in [-0.15, -0.1) is 6.58 Å². The molecule has 0 aliphatic heterocycles. The van der Waals surface area contributed by atoms with E-state index in [2.05, 4.69) is 13.5 Å². The lowest BCUT2D eigenvalue weighted by Gasteiger charge is -2.21. The molecular weight excluding hydrogens is 354 g/mol. The van der Waals surface area contributed by atoms with Crippen LogP contribution < -0.4 is 0 Å². The van der Waals surface area contributed by atoms with Crippen molar-refractivity contribution in [1.29, 1.82) is 0 Å². The average molecular weight is 398 g/mol. The highest BCUT2D eigenvalue weighted by Gasteiger charge is 2.17. The van der Waals surface area contributed by atoms with Gasteiger partial charge in [-0.25, -0.2) is 0 Å². The van der Waals surface area contributed by atoms with Crippen LogP contribution in [0.25, 0.3) is 0 Å². The molecule has 0 saturated carbocycles. The number of unbranched alkanes of at least 4 members (excludes halogenated alkanes) is 9. The molecule has 0 aliphatic rings. The van der Waals surface area contributed by atoms with E-state index in [0.29, 0.717) is 19.4 Å². The summed E-state index contributed by atoms with van der Waals surface area (Å²) in [6.45, 7) is 6.58. The van der Waals surface area contributed by atoms with E-state index < -0.39 is 6.10 Å². The van der Waals surface area contributed by atoms with Gasteiger partial charge in [-0.1, -0.05) is 57.9 Å². The molecular formula is C23H43NO4. The van der Waals surface area contributed by atoms with E-state index in [1.54, 1.807) is 0 Å². The number of likely N-dealkylation sites (N-methyl/N-ethyl adjacent to an activating group) is 1. The summed E-state index contributed by atoms with van der Waals surface area (Å²) < 4.78 is 10.9. The Kier molecular flexibility index (Phi) is 18.1. The molecule has 0 N–H and O–H groups in total. The Morgan fingerprint density at radius 2 is 1.46 bits per heavy atom. The third kappa shape index (κ3) is 18.0. The van der Waals surface area contributed by atoms with E-state index in [0.717, 1.165) is 38.5 Å². The first-order valence-electron chi connectivity index (χ1n) is 11.1. The van der Waals surface area contributed by atoms with Crippen LogP contribution in [0.4, 0.5) is 0 Å². The predicted octanol–water partition coefficient (Wildman–Crippen LogP) is 5.28. The average Bonchev–Trinajstić information content (AvgIpc) is 2.64. The first kappa shape index (κ1) is 26.6. The van der Waals surface area contributed by atoms with Crippen LogP contribution in [0.1, 0.15) is 90.4 Å². The second-order valence-electron chi connectivity index (χ2n) is 7.82. The minimum atomic E-state index is -0.404. The Labute approximate surface area is 172 Å². The standard InChI is InChI=1S/C23H43NO4/c1-5-7-9-11-12-14-16-18-23(26)28-21(19-24(3)4)20-27-22(25)17-15-13-10-8-6-2/h5,21H,1,6-20H2,2-4H3. The maximum absolute atomic E-state index is 12.1. The molecule has 0 aromatic heterocycles. The Hall–Kier alpha value is -1.36. The van der Waals surface area contributed by atoms with E-state index in [4.69, 9.17) is 9.47 Å². The number of hydrogen-bond acceptors (Lipinski definition) is 5. The molecule has 1 unspecified atom stereocenters. The lowest BCUT2D eigenvalue weighted by atomic mass is 10.1. The fourth-order valence-corrected chi connectivity index (χ4v) is 3.00. The second kappa shape index (κ2) is 19.0. The van der Waals surface area contributed by atoms with Crippen molar-refractivity contribution in [1.82, 2.24) is 4.90 Å². The van der Waals surface area contributed by atoms with Crippen molar-refractivity contribution < 1.29 is 19.1 Å². The summed E-state index contributed by atoms with van der Waals surface area (Å²) in [4.78, 5) is 25.9. The first-order chi connectivity index (χ1) is 13.5. The van der Waals surface area contributed by atoms with Crippen LogP contribution >= 0.6 is 0 Å². The van der Waals surface area contributed by atoms with Crippen LogP contribution in [0, 0.1) is 0 Å². The van der Waals surface area contributed by atoms with Crippen LogP contribution in [0.3, 0.4) is 0 Å². The summed E-state index contributed by atoms with van der Waals surface area (Å²) in [5, 5.41) is 0. The number of nitrogens with zero attached hydrogens (tertiary/aromatic N) is 1. The minimum absolute atomic E-state index is 0.138. The Balaban J connectivity index is 4.00. The second-order valence-corrected chi connectivity index (χ2v) is 7.82. The molecule has 5 nitrogen and oxygen atoms in total. The molecule has 0 aromatic carbocycles. The molecule has 5 heteroatoms. The van der Waals surface area contributed by atoms with Gasteiger partial charge in [0, 0.05) is 19.4 Å². The summed E-state index contributed by atoms with van der Waals surface area (Å²) in [7, 11) is 3.83. The third-order valence-electron chi connectivity index (χ3n) is 4.57. The zero-order valence-corrected chi connectivity index (χ0v) is 18.5. The molecule has 1 atom stereocenters. The van der Waals surface area contributed by atoms with E-state index in [-0.39, 0.29) is 18.5 Å². The topological polar surface area (TPSA) is 55.8 Å². The van der Waals surface area contributed by atoms with Crippen molar-refractivity contribution in [2.24, 2.45) is 0 Å². The van der Waals surface area contributed by atoms with Gasteiger partial charge < -0.3 is 14.4 Å². The Morgan fingerprint density at radius 1 is 0.893 bits per heavy atom. The molecule has 0 bridgehead atoms. The number of esters is 2. The normalized spacial score (nSPS) is 12.0. The lowest BCUT2D eigenvalue weighted by molar-refractivity contribution is -0.160. The van der Waals surface area contributed by atoms with Crippen LogP contribution in [0.2, 0.25) is 0 Å². The molecule has 0 fully saturated rings. The van der Waals surface area contributed by atoms with Crippen molar-refractivity contribution in [2.75, 3.05) is 27.2 Å². The molecule has 0 rings (SSSR count). The van der Waals surface area contributed by atoms with Crippen molar-refractivity contribution in [3.63, 3.8) is 0 Å². The molecule has 0 radical (unpaired) electrons. The van der Waals surface area contributed by atoms with Crippen LogP contribution in [0.5, 0.6) is 0 Å². The van der Waals surface area contributed by atoms with E-state index >= 15 is 0 Å². The molecule has 0 aliphatic carbocycles. The van der Waals surface area contributed by atoms with Crippen molar-refractivity contribution >= 4 is 11.9 Å². The number of allylic oxidation sites excluding steroid dienone is 1. The number of carbonyl (C=O) groups is 2. The molecule has 0 aromatic rings. The largest absolute Gasteiger partial charge is 0.462 e. The summed E-state index contributed by atoms with van der Waals surface area (Å²) in [5.41, 5.74) is 0. The Morgan fingerprint density at radius 3 is 2.07 bits per heavy atom. The van der Waals surface area contributed by atoms with Gasteiger partial charge in [0.05, 0.1) is 0 Å². The maximum Gasteiger partial charge on any atom is 0.306 e. The smallest absolute Gasteiger partial charge is 0.306 e. The summed E-state index contributed by atoms with van der Waals surface area (Å²) >= 11 is 0. The van der Waals surface area contributed by atoms with E-state index in [9.17, 15) is 9.59 Å². The zero-order chi connectivity index (χ0) is 21.0. The molecule has 28 heavy (non-hydrogen) atoms. The van der Waals surface area contributed by atoms with E-state index in [1.807, 2.05) is 25.1 Å². The molecule has 0 heterocycles. The predicted molar refractivity (Wildman–Crippen MR) is 115 cm³/mol. The van der Waals surface area contributed by atoms with Gasteiger partial charge in [0.2, 0.25) is 0 Å². The van der Waals surface area contributed by atoms with Crippen LogP contribution in [0.15, 0.2) is 12.7 Å². The van der Waals surface area contributed by atoms with Gasteiger partial charge in [0.1, 0.15) is 12.7 Å². The number of ether oxygens (including phenoxy) is 2. The first-order valence-corrected chi connectivity index (χ1v) is 11.1. The van der Waals surface area contributed by atoms with Gasteiger partial charge in [0.15, 0.2) is 0 Å². The van der Waals surface area contributed by atoms with Gasteiger partial charge in [-0.2, -0.15) is 0 Å². The highest BCUT2D eigenvalue weighted by atomic mass is 16.6. The summed E-state index contributed by atoms with van der Waals surface area (Å²) in [6, 6.07) is 0. The summed E-state index contributed by atoms with van der Waals surface area (Å²) in [6.07, 6.45) is 14.3. The Bertz CT molecular complexity index is 409. The van der Waals surface area contributed by atoms with Gasteiger partial charge in [-0.05, 0) is 39.8 Å². The van der Waals surface area contributed by atoms with Crippen molar-refractivity contribution in [3.8, 4) is 0 Å². The van der Waals surface area contributed by atoms with Crippen LogP contribution in [-0.2, 0) is 19.1 Å². The van der Waals surface area contributed by atoms with Gasteiger partial charge in [0.25, 0.3) is 0 Å². The fraction of sp³-hybridized carbons (Fsp3) is 0.826. The zero-order valence-electron chi connectivity index (χ0n) is 18.5. The number of carbonyl (C=O) groups excluding carboxylic acids is 2. The van der Waals surface area contributed by atoms with Gasteiger partial charge >= 0.3 is 11.9 Å². The summed E-state index contributed by atoms with van der Waals surface area (Å²) in [5.74, 6) is -0.399. The highest BCUT2D eigenvalue weighted by Crippen LogP contribution is 2.10. The minimum Gasteiger partial charge on any atom is -0.462 e. The number of hydrogen-bond donors (Lipinski definition) is 0. The number of rotatable bonds is 19. The van der Waals surface area contributed by atoms with Gasteiger partial charge in [-0.3, -0.25) is 9.59 Å². The fourth-order valence-electron chi connectivity index (χ4n) is 3.00. The third-order valence-corrected chi connectivity index (χ3v) is 4.57. The SMILES string of the molecule is C=CCCCCCCCC(=O)OC(COC(=O)CCCCCCC)CN(C)C. The van der Waals surface area contributed by atoms with E-state index in [1.165, 1.54) is 32.1 Å². The van der Waals surface area contributed by atoms with Crippen molar-refractivity contribution in [3.05, 3.63) is 12.7 Å². The highest BCUT2D eigenvalue weighted by molar-refractivity contribution is 5.70. The quantitative estimate of drug-likeness (QED) is 0.169. The van der Waals surface area contributed by atoms with Crippen molar-refractivity contribution in [2.45, 2.75) is 96.5 Å². The maximum atomic E-state index is 12.1. The van der Waals surface area contributed by atoms with Crippen LogP contribution in [-0.4, -0.2) is 50.2 Å². The monoisotopic (exact) mass is 397 g/mol. The lowest BCUT2D eigenvalue weighted by Crippen LogP contribution is -2.34. The molecule has 0 spiro atoms. The molecule has 164 valence electrons. The molecule has 0 saturated heterocycles.